The van der Waals surface area contributed by atoms with Gasteiger partial charge >= 0.3 is 5.69 Å². The van der Waals surface area contributed by atoms with Gasteiger partial charge in [-0.25, -0.2) is 8.78 Å². The van der Waals surface area contributed by atoms with Crippen molar-refractivity contribution < 1.29 is 23.2 Å². The normalized spacial score (nSPS) is 10.4. The molecule has 0 unspecified atom stereocenters. The number of Topliss-reactive ketones (excluding diaryl/α,β-unsaturated/α-hetero) is 1. The zero-order valence-corrected chi connectivity index (χ0v) is 8.85. The lowest BCUT2D eigenvalue weighted by molar-refractivity contribution is -0.386. The molecule has 0 N–H and O–H groups in total. The number of halogens is 2. The number of nitro groups is 1. The van der Waals surface area contributed by atoms with Crippen LogP contribution in [0.3, 0.4) is 0 Å². The van der Waals surface area contributed by atoms with Crippen LogP contribution in [0.15, 0.2) is 18.2 Å². The molecule has 0 aliphatic heterocycles. The third kappa shape index (κ3) is 3.47. The summed E-state index contributed by atoms with van der Waals surface area (Å²) in [7, 11) is 0. The molecule has 7 heteroatoms. The molecule has 1 rings (SSSR count). The second kappa shape index (κ2) is 5.33. The summed E-state index contributed by atoms with van der Waals surface area (Å²) in [4.78, 5) is 20.9. The third-order valence-electron chi connectivity index (χ3n) is 1.93. The smallest absolute Gasteiger partial charge is 0.311 e. The fourth-order valence-electron chi connectivity index (χ4n) is 1.15. The summed E-state index contributed by atoms with van der Waals surface area (Å²) < 4.78 is 28.4. The van der Waals surface area contributed by atoms with Crippen molar-refractivity contribution in [1.82, 2.24) is 0 Å². The number of hydrogen-bond acceptors (Lipinski definition) is 4. The maximum absolute atomic E-state index is 11.9. The second-order valence-electron chi connectivity index (χ2n) is 3.20. The lowest BCUT2D eigenvalue weighted by Gasteiger charge is -2.06. The molecule has 1 aromatic carbocycles. The predicted molar refractivity (Wildman–Crippen MR) is 54.6 cm³/mol. The molecule has 1 aromatic rings. The number of carbonyl (C=O) groups excluding carboxylic acids is 1. The van der Waals surface area contributed by atoms with Crippen LogP contribution in [-0.2, 0) is 0 Å². The molecule has 0 heterocycles. The Kier molecular flexibility index (Phi) is 4.08. The quantitative estimate of drug-likeness (QED) is 0.454. The molecule has 0 saturated heterocycles. The number of nitro benzene ring substituents is 1. The largest absolute Gasteiger partial charge is 0.481 e. The first-order chi connectivity index (χ1) is 7.91. The van der Waals surface area contributed by atoms with Gasteiger partial charge in [0, 0.05) is 11.6 Å². The Morgan fingerprint density at radius 2 is 2.18 bits per heavy atom. The standard InChI is InChI=1S/C10H9F2NO4/c1-6(14)7-2-3-9(17-5-10(11)12)8(4-7)13(15)16/h2-4,10H,5H2,1H3. The number of benzene rings is 1. The van der Waals surface area contributed by atoms with Crippen LogP contribution in [0.25, 0.3) is 0 Å². The van der Waals surface area contributed by atoms with Gasteiger partial charge in [0.05, 0.1) is 4.92 Å². The van der Waals surface area contributed by atoms with E-state index in [1.807, 2.05) is 0 Å². The lowest BCUT2D eigenvalue weighted by atomic mass is 10.1. The molecule has 0 fully saturated rings. The van der Waals surface area contributed by atoms with Crippen LogP contribution in [0.5, 0.6) is 5.75 Å². The van der Waals surface area contributed by atoms with Crippen molar-refractivity contribution in [3.8, 4) is 5.75 Å². The number of ether oxygens (including phenoxy) is 1. The van der Waals surface area contributed by atoms with Crippen LogP contribution in [0.2, 0.25) is 0 Å². The number of rotatable bonds is 5. The summed E-state index contributed by atoms with van der Waals surface area (Å²) in [5.41, 5.74) is -0.376. The summed E-state index contributed by atoms with van der Waals surface area (Å²) >= 11 is 0. The van der Waals surface area contributed by atoms with Crippen LogP contribution >= 0.6 is 0 Å². The molecular weight excluding hydrogens is 236 g/mol. The van der Waals surface area contributed by atoms with Gasteiger partial charge in [0.2, 0.25) is 0 Å². The first-order valence-electron chi connectivity index (χ1n) is 4.62. The van der Waals surface area contributed by atoms with Crippen molar-refractivity contribution in [2.45, 2.75) is 13.3 Å². The Morgan fingerprint density at radius 3 is 2.65 bits per heavy atom. The molecule has 5 nitrogen and oxygen atoms in total. The molecule has 0 amide bonds. The third-order valence-corrected chi connectivity index (χ3v) is 1.93. The average Bonchev–Trinajstić information content (AvgIpc) is 2.25. The van der Waals surface area contributed by atoms with Crippen LogP contribution in [0, 0.1) is 10.1 Å². The summed E-state index contributed by atoms with van der Waals surface area (Å²) in [6, 6.07) is 3.43. The van der Waals surface area contributed by atoms with Crippen molar-refractivity contribution in [3.05, 3.63) is 33.9 Å². The molecular formula is C10H9F2NO4. The van der Waals surface area contributed by atoms with Gasteiger partial charge in [0.15, 0.2) is 11.5 Å². The molecule has 17 heavy (non-hydrogen) atoms. The molecule has 92 valence electrons. The van der Waals surface area contributed by atoms with Crippen LogP contribution < -0.4 is 4.74 Å². The summed E-state index contributed by atoms with van der Waals surface area (Å²) in [5, 5.41) is 10.7. The second-order valence-corrected chi connectivity index (χ2v) is 3.20. The van der Waals surface area contributed by atoms with E-state index in [0.29, 0.717) is 0 Å². The molecule has 0 saturated carbocycles. The summed E-state index contributed by atoms with van der Waals surface area (Å²) in [5.74, 6) is -0.631. The molecule has 0 atom stereocenters. The van der Waals surface area contributed by atoms with Gasteiger partial charge in [-0.15, -0.1) is 0 Å². The average molecular weight is 245 g/mol. The van der Waals surface area contributed by atoms with Crippen molar-refractivity contribution >= 4 is 11.5 Å². The topological polar surface area (TPSA) is 69.4 Å². The van der Waals surface area contributed by atoms with Gasteiger partial charge < -0.3 is 4.74 Å². The highest BCUT2D eigenvalue weighted by Gasteiger charge is 2.18. The Hall–Kier alpha value is -2.05. The van der Waals surface area contributed by atoms with Gasteiger partial charge in [-0.2, -0.15) is 0 Å². The molecule has 0 spiro atoms. The van der Waals surface area contributed by atoms with Gasteiger partial charge in [0.25, 0.3) is 6.43 Å². The van der Waals surface area contributed by atoms with E-state index in [4.69, 9.17) is 0 Å². The van der Waals surface area contributed by atoms with Gasteiger partial charge in [-0.05, 0) is 19.1 Å². The van der Waals surface area contributed by atoms with Crippen LogP contribution in [0.4, 0.5) is 14.5 Å². The molecule has 0 bridgehead atoms. The fraction of sp³-hybridized carbons (Fsp3) is 0.300. The Bertz CT molecular complexity index is 448. The predicted octanol–water partition coefficient (Wildman–Crippen LogP) is 2.44. The van der Waals surface area contributed by atoms with Crippen molar-refractivity contribution in [2.75, 3.05) is 6.61 Å². The summed E-state index contributed by atoms with van der Waals surface area (Å²) in [6.07, 6.45) is -2.72. The molecule has 0 radical (unpaired) electrons. The van der Waals surface area contributed by atoms with Crippen LogP contribution in [-0.4, -0.2) is 23.7 Å². The molecule has 0 aliphatic rings. The van der Waals surface area contributed by atoms with Crippen molar-refractivity contribution in [2.24, 2.45) is 0 Å². The maximum atomic E-state index is 11.9. The van der Waals surface area contributed by atoms with E-state index in [9.17, 15) is 23.7 Å². The van der Waals surface area contributed by atoms with Crippen LogP contribution in [0.1, 0.15) is 17.3 Å². The highest BCUT2D eigenvalue weighted by Crippen LogP contribution is 2.28. The van der Waals surface area contributed by atoms with E-state index >= 15 is 0 Å². The first kappa shape index (κ1) is 13.0. The van der Waals surface area contributed by atoms with Crippen molar-refractivity contribution in [3.63, 3.8) is 0 Å². The van der Waals surface area contributed by atoms with E-state index < -0.39 is 23.6 Å². The zero-order valence-electron chi connectivity index (χ0n) is 8.85. The number of alkyl halides is 2. The minimum absolute atomic E-state index is 0.126. The lowest BCUT2D eigenvalue weighted by Crippen LogP contribution is -2.08. The maximum Gasteiger partial charge on any atom is 0.311 e. The number of nitrogens with zero attached hydrogens (tertiary/aromatic N) is 1. The van der Waals surface area contributed by atoms with Gasteiger partial charge in [-0.1, -0.05) is 0 Å². The Morgan fingerprint density at radius 1 is 1.53 bits per heavy atom. The fourth-order valence-corrected chi connectivity index (χ4v) is 1.15. The highest BCUT2D eigenvalue weighted by molar-refractivity contribution is 5.95. The SMILES string of the molecule is CC(=O)c1ccc(OCC(F)F)c([N+](=O)[O-])c1. The highest BCUT2D eigenvalue weighted by atomic mass is 19.3. The number of ketones is 1. The first-order valence-corrected chi connectivity index (χ1v) is 4.62. The summed E-state index contributed by atoms with van der Waals surface area (Å²) in [6.45, 7) is 0.318. The minimum Gasteiger partial charge on any atom is -0.481 e. The Labute approximate surface area is 95.2 Å². The molecule has 0 aliphatic carbocycles. The van der Waals surface area contributed by atoms with Gasteiger partial charge in [-0.3, -0.25) is 14.9 Å². The Balaban J connectivity index is 3.04. The zero-order chi connectivity index (χ0) is 13.0. The van der Waals surface area contributed by atoms with E-state index in [1.165, 1.54) is 13.0 Å². The molecule has 0 aromatic heterocycles. The van der Waals surface area contributed by atoms with E-state index in [1.54, 1.807) is 0 Å². The minimum atomic E-state index is -2.72. The van der Waals surface area contributed by atoms with E-state index in [-0.39, 0.29) is 17.1 Å². The number of carbonyl (C=O) groups is 1. The number of hydrogen-bond donors (Lipinski definition) is 0. The van der Waals surface area contributed by atoms with E-state index in [2.05, 4.69) is 4.74 Å². The van der Waals surface area contributed by atoms with E-state index in [0.717, 1.165) is 12.1 Å². The van der Waals surface area contributed by atoms with Crippen molar-refractivity contribution in [1.29, 1.82) is 0 Å². The monoisotopic (exact) mass is 245 g/mol. The van der Waals surface area contributed by atoms with Gasteiger partial charge in [0.1, 0.15) is 6.61 Å².